The Morgan fingerprint density at radius 3 is 2.48 bits per heavy atom. The Bertz CT molecular complexity index is 613. The van der Waals surface area contributed by atoms with Gasteiger partial charge in [-0.15, -0.1) is 0 Å². The van der Waals surface area contributed by atoms with Crippen molar-refractivity contribution in [3.05, 3.63) is 64.7 Å². The van der Waals surface area contributed by atoms with Crippen LogP contribution in [0.3, 0.4) is 0 Å². The molecule has 5 heteroatoms. The van der Waals surface area contributed by atoms with Crippen molar-refractivity contribution in [2.45, 2.75) is 19.9 Å². The quantitative estimate of drug-likeness (QED) is 0.797. The smallest absolute Gasteiger partial charge is 0.255 e. The van der Waals surface area contributed by atoms with E-state index < -0.39 is 0 Å². The summed E-state index contributed by atoms with van der Waals surface area (Å²) < 4.78 is 13.0. The number of hydrogen-bond acceptors (Lipinski definition) is 2. The van der Waals surface area contributed by atoms with Crippen LogP contribution in [0.1, 0.15) is 35.8 Å². The van der Waals surface area contributed by atoms with Crippen molar-refractivity contribution in [2.75, 3.05) is 6.54 Å². The third kappa shape index (κ3) is 3.58. The van der Waals surface area contributed by atoms with Gasteiger partial charge in [0.2, 0.25) is 0 Å². The van der Waals surface area contributed by atoms with E-state index in [1.54, 1.807) is 29.2 Å². The van der Waals surface area contributed by atoms with E-state index in [0.717, 1.165) is 5.56 Å². The molecular formula is C16H16ClFN2O. The van der Waals surface area contributed by atoms with E-state index in [2.05, 4.69) is 4.98 Å². The second kappa shape index (κ2) is 6.68. The molecule has 0 fully saturated rings. The lowest BCUT2D eigenvalue weighted by Crippen LogP contribution is -2.33. The fraction of sp³-hybridized carbons (Fsp3) is 0.250. The highest BCUT2D eigenvalue weighted by molar-refractivity contribution is 6.29. The maximum Gasteiger partial charge on any atom is 0.255 e. The Kier molecular flexibility index (Phi) is 4.91. The van der Waals surface area contributed by atoms with E-state index in [1.807, 2.05) is 13.8 Å². The molecule has 1 atom stereocenters. The number of nitrogens with zero attached hydrogens (tertiary/aromatic N) is 2. The number of hydrogen-bond donors (Lipinski definition) is 0. The second-order valence-electron chi connectivity index (χ2n) is 4.69. The van der Waals surface area contributed by atoms with Gasteiger partial charge in [0.15, 0.2) is 0 Å². The van der Waals surface area contributed by atoms with Gasteiger partial charge in [0, 0.05) is 12.7 Å². The summed E-state index contributed by atoms with van der Waals surface area (Å²) in [6.07, 6.45) is 1.46. The van der Waals surface area contributed by atoms with Crippen molar-refractivity contribution in [1.29, 1.82) is 0 Å². The normalized spacial score (nSPS) is 12.0. The van der Waals surface area contributed by atoms with Crippen LogP contribution < -0.4 is 0 Å². The standard InChI is InChI=1S/C16H16ClFN2O/c1-3-20(11(2)12-4-7-14(18)8-5-12)16(21)13-6-9-15(17)19-10-13/h4-11H,3H2,1-2H3. The Hall–Kier alpha value is -1.94. The topological polar surface area (TPSA) is 33.2 Å². The Morgan fingerprint density at radius 2 is 1.95 bits per heavy atom. The van der Waals surface area contributed by atoms with E-state index >= 15 is 0 Å². The number of amides is 1. The SMILES string of the molecule is CCN(C(=O)c1ccc(Cl)nc1)C(C)c1ccc(F)cc1. The van der Waals surface area contributed by atoms with Gasteiger partial charge in [0.25, 0.3) is 5.91 Å². The van der Waals surface area contributed by atoms with E-state index in [-0.39, 0.29) is 17.8 Å². The molecule has 1 amide bonds. The van der Waals surface area contributed by atoms with Crippen molar-refractivity contribution >= 4 is 17.5 Å². The summed E-state index contributed by atoms with van der Waals surface area (Å²) in [6, 6.07) is 9.26. The lowest BCUT2D eigenvalue weighted by Gasteiger charge is -2.28. The average molecular weight is 307 g/mol. The van der Waals surface area contributed by atoms with Gasteiger partial charge in [-0.3, -0.25) is 4.79 Å². The third-order valence-electron chi connectivity index (χ3n) is 3.40. The summed E-state index contributed by atoms with van der Waals surface area (Å²) in [5.74, 6) is -0.416. The van der Waals surface area contributed by atoms with Gasteiger partial charge in [-0.25, -0.2) is 9.37 Å². The Balaban J connectivity index is 2.23. The molecule has 21 heavy (non-hydrogen) atoms. The summed E-state index contributed by atoms with van der Waals surface area (Å²) in [6.45, 7) is 4.36. The largest absolute Gasteiger partial charge is 0.332 e. The number of pyridine rings is 1. The zero-order chi connectivity index (χ0) is 15.4. The summed E-state index contributed by atoms with van der Waals surface area (Å²) in [5.41, 5.74) is 1.36. The molecule has 0 N–H and O–H groups in total. The van der Waals surface area contributed by atoms with Crippen LogP contribution in [0.2, 0.25) is 5.15 Å². The van der Waals surface area contributed by atoms with E-state index in [9.17, 15) is 9.18 Å². The molecule has 0 saturated carbocycles. The summed E-state index contributed by atoms with van der Waals surface area (Å²) >= 11 is 5.73. The highest BCUT2D eigenvalue weighted by Crippen LogP contribution is 2.22. The number of benzene rings is 1. The minimum absolute atomic E-state index is 0.126. The van der Waals surface area contributed by atoms with Gasteiger partial charge >= 0.3 is 0 Å². The molecule has 1 aromatic heterocycles. The molecule has 1 aromatic carbocycles. The fourth-order valence-electron chi connectivity index (χ4n) is 2.18. The maximum absolute atomic E-state index is 13.0. The molecule has 0 radical (unpaired) electrons. The molecule has 0 spiro atoms. The monoisotopic (exact) mass is 306 g/mol. The van der Waals surface area contributed by atoms with Crippen molar-refractivity contribution in [1.82, 2.24) is 9.88 Å². The van der Waals surface area contributed by atoms with Crippen LogP contribution in [0, 0.1) is 5.82 Å². The van der Waals surface area contributed by atoms with Gasteiger partial charge in [0.1, 0.15) is 11.0 Å². The van der Waals surface area contributed by atoms with Crippen LogP contribution in [0.15, 0.2) is 42.6 Å². The first-order valence-corrected chi connectivity index (χ1v) is 7.08. The first-order chi connectivity index (χ1) is 10.0. The second-order valence-corrected chi connectivity index (χ2v) is 5.08. The Labute approximate surface area is 128 Å². The molecule has 0 aliphatic rings. The molecule has 0 saturated heterocycles. The van der Waals surface area contributed by atoms with Gasteiger partial charge in [-0.2, -0.15) is 0 Å². The van der Waals surface area contributed by atoms with Crippen LogP contribution in [0.25, 0.3) is 0 Å². The van der Waals surface area contributed by atoms with Gasteiger partial charge in [-0.05, 0) is 43.7 Å². The number of halogens is 2. The number of rotatable bonds is 4. The van der Waals surface area contributed by atoms with Crippen molar-refractivity contribution in [3.8, 4) is 0 Å². The summed E-state index contributed by atoms with van der Waals surface area (Å²) in [5, 5.41) is 0.348. The van der Waals surface area contributed by atoms with Gasteiger partial charge < -0.3 is 4.90 Å². The van der Waals surface area contributed by atoms with Crippen LogP contribution in [0.4, 0.5) is 4.39 Å². The van der Waals surface area contributed by atoms with Crippen molar-refractivity contribution in [2.24, 2.45) is 0 Å². The minimum atomic E-state index is -0.290. The predicted octanol–water partition coefficient (Wildman–Crippen LogP) is 4.10. The number of carbonyl (C=O) groups is 1. The number of carbonyl (C=O) groups excluding carboxylic acids is 1. The van der Waals surface area contributed by atoms with E-state index in [1.165, 1.54) is 18.3 Å². The molecule has 2 aromatic rings. The fourth-order valence-corrected chi connectivity index (χ4v) is 2.29. The highest BCUT2D eigenvalue weighted by Gasteiger charge is 2.21. The van der Waals surface area contributed by atoms with Gasteiger partial charge in [-0.1, -0.05) is 23.7 Å². The predicted molar refractivity (Wildman–Crippen MR) is 80.8 cm³/mol. The van der Waals surface area contributed by atoms with Crippen LogP contribution in [-0.2, 0) is 0 Å². The van der Waals surface area contributed by atoms with Crippen molar-refractivity contribution in [3.63, 3.8) is 0 Å². The highest BCUT2D eigenvalue weighted by atomic mass is 35.5. The zero-order valence-electron chi connectivity index (χ0n) is 11.9. The first kappa shape index (κ1) is 15.4. The molecule has 2 rings (SSSR count). The zero-order valence-corrected chi connectivity index (χ0v) is 12.6. The van der Waals surface area contributed by atoms with E-state index in [4.69, 9.17) is 11.6 Å². The molecule has 0 aliphatic heterocycles. The minimum Gasteiger partial charge on any atom is -0.332 e. The first-order valence-electron chi connectivity index (χ1n) is 6.71. The average Bonchev–Trinajstić information content (AvgIpc) is 2.49. The lowest BCUT2D eigenvalue weighted by atomic mass is 10.1. The van der Waals surface area contributed by atoms with E-state index in [0.29, 0.717) is 17.3 Å². The lowest BCUT2D eigenvalue weighted by molar-refractivity contribution is 0.0702. The maximum atomic E-state index is 13.0. The van der Waals surface area contributed by atoms with Crippen LogP contribution >= 0.6 is 11.6 Å². The number of aromatic nitrogens is 1. The molecule has 110 valence electrons. The molecule has 0 aliphatic carbocycles. The van der Waals surface area contributed by atoms with Crippen LogP contribution in [0.5, 0.6) is 0 Å². The van der Waals surface area contributed by atoms with Gasteiger partial charge in [0.05, 0.1) is 11.6 Å². The summed E-state index contributed by atoms with van der Waals surface area (Å²) in [4.78, 5) is 18.2. The Morgan fingerprint density at radius 1 is 1.29 bits per heavy atom. The molecule has 1 unspecified atom stereocenters. The molecule has 0 bridgehead atoms. The van der Waals surface area contributed by atoms with Crippen LogP contribution in [-0.4, -0.2) is 22.3 Å². The summed E-state index contributed by atoms with van der Waals surface area (Å²) in [7, 11) is 0. The molecular weight excluding hydrogens is 291 g/mol. The molecule has 3 nitrogen and oxygen atoms in total. The van der Waals surface area contributed by atoms with Crippen molar-refractivity contribution < 1.29 is 9.18 Å². The third-order valence-corrected chi connectivity index (χ3v) is 3.62. The molecule has 1 heterocycles.